The van der Waals surface area contributed by atoms with E-state index in [9.17, 15) is 5.11 Å². The first-order valence-electron chi connectivity index (χ1n) is 5.91. The fourth-order valence-electron chi connectivity index (χ4n) is 2.13. The lowest BCUT2D eigenvalue weighted by molar-refractivity contribution is 0.0198. The lowest BCUT2D eigenvalue weighted by Gasteiger charge is -2.32. The summed E-state index contributed by atoms with van der Waals surface area (Å²) in [5.74, 6) is 0.716. The molecule has 4 heteroatoms. The van der Waals surface area contributed by atoms with Crippen molar-refractivity contribution in [3.63, 3.8) is 0 Å². The zero-order valence-corrected chi connectivity index (χ0v) is 10.3. The van der Waals surface area contributed by atoms with Crippen LogP contribution in [0.25, 0.3) is 0 Å². The van der Waals surface area contributed by atoms with Crippen LogP contribution < -0.4 is 4.74 Å². The molecule has 1 saturated heterocycles. The van der Waals surface area contributed by atoms with Crippen molar-refractivity contribution >= 4 is 0 Å². The second-order valence-corrected chi connectivity index (χ2v) is 4.26. The number of ether oxygens (including phenoxy) is 2. The number of phenolic OH excluding ortho intramolecular Hbond substituents is 1. The number of hydrogen-bond donors (Lipinski definition) is 1. The number of rotatable bonds is 3. The van der Waals surface area contributed by atoms with Gasteiger partial charge < -0.3 is 14.6 Å². The van der Waals surface area contributed by atoms with Crippen LogP contribution >= 0.6 is 0 Å². The Morgan fingerprint density at radius 2 is 2.06 bits per heavy atom. The van der Waals surface area contributed by atoms with Gasteiger partial charge in [0.05, 0.1) is 20.3 Å². The molecule has 1 aliphatic rings. The van der Waals surface area contributed by atoms with Gasteiger partial charge in [-0.25, -0.2) is 0 Å². The summed E-state index contributed by atoms with van der Waals surface area (Å²) < 4.78 is 10.5. The first kappa shape index (κ1) is 12.2. The minimum Gasteiger partial charge on any atom is -0.504 e. The highest BCUT2D eigenvalue weighted by atomic mass is 16.5. The van der Waals surface area contributed by atoms with Crippen LogP contribution in [0, 0.1) is 0 Å². The van der Waals surface area contributed by atoms with Crippen molar-refractivity contribution < 1.29 is 14.6 Å². The van der Waals surface area contributed by atoms with Crippen molar-refractivity contribution in [1.29, 1.82) is 0 Å². The Labute approximate surface area is 102 Å². The Hall–Kier alpha value is -1.26. The van der Waals surface area contributed by atoms with Crippen LogP contribution in [-0.4, -0.2) is 43.4 Å². The molecule has 1 unspecified atom stereocenters. The molecule has 1 fully saturated rings. The summed E-state index contributed by atoms with van der Waals surface area (Å²) in [5, 5.41) is 9.57. The fourth-order valence-corrected chi connectivity index (χ4v) is 2.13. The first-order valence-corrected chi connectivity index (χ1v) is 5.91. The largest absolute Gasteiger partial charge is 0.504 e. The number of morpholine rings is 1. The second kappa shape index (κ2) is 5.38. The summed E-state index contributed by atoms with van der Waals surface area (Å²) in [7, 11) is 1.57. The van der Waals surface area contributed by atoms with E-state index >= 15 is 0 Å². The van der Waals surface area contributed by atoms with E-state index in [2.05, 4.69) is 11.8 Å². The van der Waals surface area contributed by atoms with Crippen LogP contribution in [0.1, 0.15) is 18.5 Å². The smallest absolute Gasteiger partial charge is 0.160 e. The SMILES string of the molecule is COc1cc(C(C)N2CCOCC2)ccc1O. The lowest BCUT2D eigenvalue weighted by Crippen LogP contribution is -2.38. The van der Waals surface area contributed by atoms with E-state index in [0.717, 1.165) is 31.9 Å². The minimum absolute atomic E-state index is 0.186. The van der Waals surface area contributed by atoms with Crippen molar-refractivity contribution in [3.8, 4) is 11.5 Å². The molecule has 0 saturated carbocycles. The van der Waals surface area contributed by atoms with Crippen LogP contribution in [0.4, 0.5) is 0 Å². The number of benzene rings is 1. The van der Waals surface area contributed by atoms with Crippen molar-refractivity contribution in [2.45, 2.75) is 13.0 Å². The standard InChI is InChI=1S/C13H19NO3/c1-10(14-5-7-17-8-6-14)11-3-4-12(15)13(9-11)16-2/h3-4,9-10,15H,5-8H2,1-2H3. The maximum Gasteiger partial charge on any atom is 0.160 e. The summed E-state index contributed by atoms with van der Waals surface area (Å²) in [5.41, 5.74) is 1.15. The number of hydrogen-bond acceptors (Lipinski definition) is 4. The Morgan fingerprint density at radius 1 is 1.35 bits per heavy atom. The normalized spacial score (nSPS) is 18.9. The molecule has 0 bridgehead atoms. The van der Waals surface area contributed by atoms with Crippen molar-refractivity contribution in [2.24, 2.45) is 0 Å². The molecule has 2 rings (SSSR count). The van der Waals surface area contributed by atoms with Gasteiger partial charge in [-0.3, -0.25) is 4.90 Å². The number of methoxy groups -OCH3 is 1. The molecule has 1 N–H and O–H groups in total. The Bertz CT molecular complexity index is 375. The van der Waals surface area contributed by atoms with E-state index in [4.69, 9.17) is 9.47 Å². The van der Waals surface area contributed by atoms with E-state index in [-0.39, 0.29) is 5.75 Å². The predicted molar refractivity (Wildman–Crippen MR) is 65.5 cm³/mol. The van der Waals surface area contributed by atoms with Gasteiger partial charge in [0.15, 0.2) is 11.5 Å². The maximum atomic E-state index is 9.57. The molecule has 0 spiro atoms. The molecule has 1 aliphatic heterocycles. The molecule has 0 aliphatic carbocycles. The maximum absolute atomic E-state index is 9.57. The van der Waals surface area contributed by atoms with Gasteiger partial charge in [-0.05, 0) is 24.6 Å². The molecule has 17 heavy (non-hydrogen) atoms. The summed E-state index contributed by atoms with van der Waals surface area (Å²) in [4.78, 5) is 2.37. The van der Waals surface area contributed by atoms with Gasteiger partial charge in [0.2, 0.25) is 0 Å². The molecule has 0 aromatic heterocycles. The molecular weight excluding hydrogens is 218 g/mol. The molecule has 0 amide bonds. The molecule has 1 aromatic rings. The van der Waals surface area contributed by atoms with Crippen LogP contribution in [0.15, 0.2) is 18.2 Å². The monoisotopic (exact) mass is 237 g/mol. The summed E-state index contributed by atoms with van der Waals surface area (Å²) in [6.45, 7) is 5.64. The third-order valence-electron chi connectivity index (χ3n) is 3.28. The zero-order chi connectivity index (χ0) is 12.3. The van der Waals surface area contributed by atoms with Crippen molar-refractivity contribution in [1.82, 2.24) is 4.90 Å². The van der Waals surface area contributed by atoms with Crippen LogP contribution in [0.5, 0.6) is 11.5 Å². The number of phenols is 1. The molecule has 1 aromatic carbocycles. The van der Waals surface area contributed by atoms with E-state index < -0.39 is 0 Å². The van der Waals surface area contributed by atoms with Crippen LogP contribution in [0.3, 0.4) is 0 Å². The minimum atomic E-state index is 0.186. The highest BCUT2D eigenvalue weighted by Crippen LogP contribution is 2.31. The second-order valence-electron chi connectivity index (χ2n) is 4.26. The zero-order valence-electron chi connectivity index (χ0n) is 10.3. The number of aromatic hydroxyl groups is 1. The average Bonchev–Trinajstić information content (AvgIpc) is 2.39. The first-order chi connectivity index (χ1) is 8.22. The van der Waals surface area contributed by atoms with Gasteiger partial charge in [-0.1, -0.05) is 6.07 Å². The van der Waals surface area contributed by atoms with Gasteiger partial charge in [-0.2, -0.15) is 0 Å². The molecule has 4 nitrogen and oxygen atoms in total. The highest BCUT2D eigenvalue weighted by Gasteiger charge is 2.19. The number of nitrogens with zero attached hydrogens (tertiary/aromatic N) is 1. The predicted octanol–water partition coefficient (Wildman–Crippen LogP) is 1.79. The van der Waals surface area contributed by atoms with Crippen LogP contribution in [-0.2, 0) is 4.74 Å². The van der Waals surface area contributed by atoms with Crippen molar-refractivity contribution in [3.05, 3.63) is 23.8 Å². The third-order valence-corrected chi connectivity index (χ3v) is 3.28. The fraction of sp³-hybridized carbons (Fsp3) is 0.538. The van der Waals surface area contributed by atoms with Gasteiger partial charge >= 0.3 is 0 Å². The van der Waals surface area contributed by atoms with Gasteiger partial charge in [0.1, 0.15) is 0 Å². The van der Waals surface area contributed by atoms with E-state index in [1.807, 2.05) is 12.1 Å². The third kappa shape index (κ3) is 2.70. The topological polar surface area (TPSA) is 41.9 Å². The highest BCUT2D eigenvalue weighted by molar-refractivity contribution is 5.42. The van der Waals surface area contributed by atoms with Crippen molar-refractivity contribution in [2.75, 3.05) is 33.4 Å². The Balaban J connectivity index is 2.15. The molecular formula is C13H19NO3. The average molecular weight is 237 g/mol. The molecule has 1 atom stereocenters. The van der Waals surface area contributed by atoms with E-state index in [0.29, 0.717) is 11.8 Å². The summed E-state index contributed by atoms with van der Waals surface area (Å²) in [6.07, 6.45) is 0. The van der Waals surface area contributed by atoms with Gasteiger partial charge in [-0.15, -0.1) is 0 Å². The van der Waals surface area contributed by atoms with Gasteiger partial charge in [0.25, 0.3) is 0 Å². The molecule has 94 valence electrons. The lowest BCUT2D eigenvalue weighted by atomic mass is 10.1. The molecule has 0 radical (unpaired) electrons. The summed E-state index contributed by atoms with van der Waals surface area (Å²) >= 11 is 0. The van der Waals surface area contributed by atoms with E-state index in [1.54, 1.807) is 13.2 Å². The van der Waals surface area contributed by atoms with Gasteiger partial charge in [0, 0.05) is 19.1 Å². The Morgan fingerprint density at radius 3 is 2.71 bits per heavy atom. The summed E-state index contributed by atoms with van der Waals surface area (Å²) in [6, 6.07) is 5.84. The van der Waals surface area contributed by atoms with Crippen LogP contribution in [0.2, 0.25) is 0 Å². The Kier molecular flexibility index (Phi) is 3.86. The van der Waals surface area contributed by atoms with E-state index in [1.165, 1.54) is 0 Å². The quantitative estimate of drug-likeness (QED) is 0.870. The molecule has 1 heterocycles.